The molecule has 1 heterocycles. The van der Waals surface area contributed by atoms with Crippen LogP contribution in [0.15, 0.2) is 0 Å². The Bertz CT molecular complexity index is 71.2. The molecule has 28 valence electrons. The largest absolute Gasteiger partial charge is 0.388 e. The molecule has 6 heavy (non-hydrogen) atoms. The van der Waals surface area contributed by atoms with Crippen LogP contribution in [0, 0.1) is 0 Å². The van der Waals surface area contributed by atoms with E-state index in [1.54, 1.807) is 6.92 Å². The fourth-order valence-corrected chi connectivity index (χ4v) is 0.240. The molecule has 2 atom stereocenters. The predicted octanol–water partition coefficient (Wildman–Crippen LogP) is -0.604. The van der Waals surface area contributed by atoms with E-state index in [0.29, 0.717) is 0 Å². The molecule has 0 amide bonds. The van der Waals surface area contributed by atoms with Gasteiger partial charge in [0, 0.05) is 11.5 Å². The number of ether oxygens (including phenoxy) is 1. The molecule has 0 aromatic heterocycles. The molecule has 1 nitrogen and oxygen atoms in total. The SMILES string of the molecule is [B]C1OC1([B])C. The van der Waals surface area contributed by atoms with Crippen molar-refractivity contribution in [2.24, 2.45) is 0 Å². The Balaban J connectivity index is 2.41. The second-order valence-electron chi connectivity index (χ2n) is 1.72. The minimum atomic E-state index is -0.514. The molecule has 1 aliphatic heterocycles. The molecular formula is C3H4B2O. The first-order valence-corrected chi connectivity index (χ1v) is 1.85. The average molecular weight is 77.7 g/mol. The van der Waals surface area contributed by atoms with Crippen molar-refractivity contribution in [2.75, 3.05) is 0 Å². The van der Waals surface area contributed by atoms with Crippen molar-refractivity contribution < 1.29 is 4.74 Å². The van der Waals surface area contributed by atoms with Crippen molar-refractivity contribution in [1.82, 2.24) is 0 Å². The number of hydrogen-bond acceptors (Lipinski definition) is 1. The van der Waals surface area contributed by atoms with E-state index in [1.807, 2.05) is 0 Å². The highest BCUT2D eigenvalue weighted by atomic mass is 16.6. The third kappa shape index (κ3) is 0.473. The minimum absolute atomic E-state index is 0.225. The van der Waals surface area contributed by atoms with Crippen molar-refractivity contribution in [1.29, 1.82) is 0 Å². The van der Waals surface area contributed by atoms with E-state index >= 15 is 0 Å². The van der Waals surface area contributed by atoms with Crippen molar-refractivity contribution in [3.63, 3.8) is 0 Å². The van der Waals surface area contributed by atoms with Gasteiger partial charge in [-0.2, -0.15) is 0 Å². The van der Waals surface area contributed by atoms with Crippen molar-refractivity contribution >= 4 is 15.7 Å². The third-order valence-electron chi connectivity index (χ3n) is 0.889. The maximum Gasteiger partial charge on any atom is 0.115 e. The fraction of sp³-hybridized carbons (Fsp3) is 1.00. The fourth-order valence-electron chi connectivity index (χ4n) is 0.240. The van der Waals surface area contributed by atoms with Gasteiger partial charge in [-0.3, -0.25) is 0 Å². The molecule has 0 N–H and O–H groups in total. The van der Waals surface area contributed by atoms with Gasteiger partial charge in [-0.15, -0.1) is 0 Å². The van der Waals surface area contributed by atoms with Gasteiger partial charge < -0.3 is 4.74 Å². The maximum absolute atomic E-state index is 5.26. The molecular weight excluding hydrogens is 73.7 g/mol. The van der Waals surface area contributed by atoms with Crippen LogP contribution in [0.25, 0.3) is 0 Å². The summed E-state index contributed by atoms with van der Waals surface area (Å²) in [5, 5.41) is 0. The summed E-state index contributed by atoms with van der Waals surface area (Å²) < 4.78 is 4.66. The van der Waals surface area contributed by atoms with E-state index in [1.165, 1.54) is 0 Å². The molecule has 3 heteroatoms. The molecule has 0 aromatic carbocycles. The smallest absolute Gasteiger partial charge is 0.115 e. The second-order valence-corrected chi connectivity index (χ2v) is 1.72. The Morgan fingerprint density at radius 3 is 2.00 bits per heavy atom. The van der Waals surface area contributed by atoms with Gasteiger partial charge >= 0.3 is 0 Å². The van der Waals surface area contributed by atoms with Crippen molar-refractivity contribution in [3.05, 3.63) is 0 Å². The predicted molar refractivity (Wildman–Crippen MR) is 24.8 cm³/mol. The monoisotopic (exact) mass is 78.0 g/mol. The Morgan fingerprint density at radius 2 is 2.00 bits per heavy atom. The zero-order valence-corrected chi connectivity index (χ0v) is 3.64. The summed E-state index contributed by atoms with van der Waals surface area (Å²) in [7, 11) is 10.4. The van der Waals surface area contributed by atoms with Gasteiger partial charge in [0.25, 0.3) is 0 Å². The molecule has 0 saturated carbocycles. The topological polar surface area (TPSA) is 12.5 Å². The molecule has 1 saturated heterocycles. The van der Waals surface area contributed by atoms with Gasteiger partial charge in [0.2, 0.25) is 0 Å². The summed E-state index contributed by atoms with van der Waals surface area (Å²) in [5.74, 6) is 0. The van der Waals surface area contributed by atoms with Crippen LogP contribution in [0.1, 0.15) is 6.92 Å². The summed E-state index contributed by atoms with van der Waals surface area (Å²) in [5.41, 5.74) is -0.514. The van der Waals surface area contributed by atoms with Crippen LogP contribution >= 0.6 is 0 Å². The van der Waals surface area contributed by atoms with E-state index < -0.39 is 5.50 Å². The lowest BCUT2D eigenvalue weighted by Crippen LogP contribution is -2.07. The quantitative estimate of drug-likeness (QED) is 0.278. The average Bonchev–Trinajstić information content (AvgIpc) is 1.73. The zero-order valence-electron chi connectivity index (χ0n) is 3.64. The van der Waals surface area contributed by atoms with Gasteiger partial charge in [-0.25, -0.2) is 0 Å². The Morgan fingerprint density at radius 1 is 1.83 bits per heavy atom. The Labute approximate surface area is 39.9 Å². The number of epoxide rings is 1. The molecule has 2 unspecified atom stereocenters. The van der Waals surface area contributed by atoms with E-state index in [0.717, 1.165) is 0 Å². The van der Waals surface area contributed by atoms with E-state index in [-0.39, 0.29) is 6.00 Å². The molecule has 0 aliphatic carbocycles. The van der Waals surface area contributed by atoms with E-state index in [2.05, 4.69) is 4.74 Å². The first-order valence-electron chi connectivity index (χ1n) is 1.85. The zero-order chi connectivity index (χ0) is 4.78. The second kappa shape index (κ2) is 0.836. The van der Waals surface area contributed by atoms with Gasteiger partial charge in [-0.1, -0.05) is 0 Å². The summed E-state index contributed by atoms with van der Waals surface area (Å²) in [6, 6.07) is -0.225. The number of rotatable bonds is 0. The Kier molecular flexibility index (Phi) is 0.593. The molecule has 1 rings (SSSR count). The van der Waals surface area contributed by atoms with Crippen molar-refractivity contribution in [3.8, 4) is 0 Å². The molecule has 1 fully saturated rings. The van der Waals surface area contributed by atoms with E-state index in [9.17, 15) is 0 Å². The van der Waals surface area contributed by atoms with Crippen LogP contribution in [-0.2, 0) is 4.74 Å². The van der Waals surface area contributed by atoms with Gasteiger partial charge in [0.1, 0.15) is 15.7 Å². The number of hydrogen-bond donors (Lipinski definition) is 0. The van der Waals surface area contributed by atoms with Crippen LogP contribution in [0.5, 0.6) is 0 Å². The van der Waals surface area contributed by atoms with Crippen LogP contribution in [-0.4, -0.2) is 27.2 Å². The molecule has 0 aromatic rings. The van der Waals surface area contributed by atoms with Gasteiger partial charge in [-0.05, 0) is 6.92 Å². The standard InChI is InChI=1S/C3H4B2O/c1-3(5)2(4)6-3/h2H,1H3. The summed E-state index contributed by atoms with van der Waals surface area (Å²) in [6.45, 7) is 1.75. The lowest BCUT2D eigenvalue weighted by molar-refractivity contribution is 0.387. The normalized spacial score (nSPS) is 55.2. The highest BCUT2D eigenvalue weighted by molar-refractivity contribution is 6.26. The molecule has 0 bridgehead atoms. The first kappa shape index (κ1) is 4.25. The van der Waals surface area contributed by atoms with Crippen LogP contribution in [0.4, 0.5) is 0 Å². The summed E-state index contributed by atoms with van der Waals surface area (Å²) in [6.07, 6.45) is 0. The van der Waals surface area contributed by atoms with Crippen LogP contribution in [0.3, 0.4) is 0 Å². The Hall–Kier alpha value is 0.0899. The highest BCUT2D eigenvalue weighted by Gasteiger charge is 2.41. The maximum atomic E-state index is 5.26. The third-order valence-corrected chi connectivity index (χ3v) is 0.889. The van der Waals surface area contributed by atoms with Gasteiger partial charge in [0.15, 0.2) is 0 Å². The van der Waals surface area contributed by atoms with Gasteiger partial charge in [0.05, 0.1) is 0 Å². The minimum Gasteiger partial charge on any atom is -0.388 e. The van der Waals surface area contributed by atoms with Crippen LogP contribution in [0.2, 0.25) is 0 Å². The summed E-state index contributed by atoms with van der Waals surface area (Å²) in [4.78, 5) is 0. The van der Waals surface area contributed by atoms with Crippen molar-refractivity contribution in [2.45, 2.75) is 18.4 Å². The molecule has 4 radical (unpaired) electrons. The van der Waals surface area contributed by atoms with E-state index in [4.69, 9.17) is 15.7 Å². The molecule has 1 aliphatic rings. The highest BCUT2D eigenvalue weighted by Crippen LogP contribution is 2.28. The first-order chi connectivity index (χ1) is 2.63. The van der Waals surface area contributed by atoms with Crippen LogP contribution < -0.4 is 0 Å². The lowest BCUT2D eigenvalue weighted by Gasteiger charge is -1.85. The summed E-state index contributed by atoms with van der Waals surface area (Å²) >= 11 is 0. The molecule has 0 spiro atoms. The lowest BCUT2D eigenvalue weighted by atomic mass is 9.78.